The Morgan fingerprint density at radius 1 is 1.13 bits per heavy atom. The van der Waals surface area contributed by atoms with Crippen molar-refractivity contribution in [2.45, 2.75) is 19.3 Å². The molecule has 0 radical (unpaired) electrons. The Hall–Kier alpha value is -3.95. The number of hydrogen-bond acceptors (Lipinski definition) is 7. The molecular weight excluding hydrogens is 386 g/mol. The molecule has 1 aliphatic heterocycles. The van der Waals surface area contributed by atoms with E-state index < -0.39 is 0 Å². The first-order valence-electron chi connectivity index (χ1n) is 9.37. The number of fused-ring (bicyclic) bond motifs is 2. The van der Waals surface area contributed by atoms with Gasteiger partial charge >= 0.3 is 0 Å². The lowest BCUT2D eigenvalue weighted by Crippen LogP contribution is -2.25. The van der Waals surface area contributed by atoms with Gasteiger partial charge in [-0.2, -0.15) is 14.3 Å². The number of methoxy groups -OCH3 is 2. The lowest BCUT2D eigenvalue weighted by atomic mass is 9.85. The molecule has 0 unspecified atom stereocenters. The summed E-state index contributed by atoms with van der Waals surface area (Å²) in [6.45, 7) is 1.92. The van der Waals surface area contributed by atoms with Crippen LogP contribution in [0, 0.1) is 6.92 Å². The summed E-state index contributed by atoms with van der Waals surface area (Å²) in [4.78, 5) is 12.7. The topological polar surface area (TPSA) is 108 Å². The van der Waals surface area contributed by atoms with Crippen LogP contribution < -0.4 is 14.8 Å². The minimum Gasteiger partial charge on any atom is -0.497 e. The molecule has 152 valence electrons. The second-order valence-electron chi connectivity index (χ2n) is 7.00. The van der Waals surface area contributed by atoms with Crippen LogP contribution in [0.3, 0.4) is 0 Å². The highest BCUT2D eigenvalue weighted by Crippen LogP contribution is 2.44. The maximum absolute atomic E-state index is 12.7. The standard InChI is InChI=1S/C20H19N7O3/c1-11-19-14(13-8-12(29-2)4-5-15(13)30-3)9-18(28)22-20(19)27(24-11)17-7-6-16-23-21-10-26(16)25-17/h4-8,10,14H,9H2,1-3H3,(H,22,28)/t14-/m1/s1. The fourth-order valence-electron chi connectivity index (χ4n) is 3.92. The summed E-state index contributed by atoms with van der Waals surface area (Å²) in [5.41, 5.74) is 3.22. The van der Waals surface area contributed by atoms with Gasteiger partial charge in [0.15, 0.2) is 11.5 Å². The van der Waals surface area contributed by atoms with Crippen molar-refractivity contribution >= 4 is 17.4 Å². The number of hydrogen-bond donors (Lipinski definition) is 1. The van der Waals surface area contributed by atoms with Crippen LogP contribution in [0.15, 0.2) is 36.7 Å². The number of nitrogens with one attached hydrogen (secondary N) is 1. The summed E-state index contributed by atoms with van der Waals surface area (Å²) in [7, 11) is 3.23. The van der Waals surface area contributed by atoms with E-state index in [1.807, 2.05) is 25.1 Å². The predicted molar refractivity (Wildman–Crippen MR) is 107 cm³/mol. The minimum absolute atomic E-state index is 0.108. The van der Waals surface area contributed by atoms with Crippen molar-refractivity contribution in [2.24, 2.45) is 0 Å². The number of ether oxygens (including phenoxy) is 2. The second-order valence-corrected chi connectivity index (χ2v) is 7.00. The minimum atomic E-state index is -0.230. The maximum Gasteiger partial charge on any atom is 0.226 e. The molecule has 30 heavy (non-hydrogen) atoms. The summed E-state index contributed by atoms with van der Waals surface area (Å²) in [6.07, 6.45) is 1.80. The van der Waals surface area contributed by atoms with Gasteiger partial charge in [-0.05, 0) is 37.3 Å². The Balaban J connectivity index is 1.69. The van der Waals surface area contributed by atoms with Crippen LogP contribution in [-0.4, -0.2) is 49.7 Å². The van der Waals surface area contributed by atoms with Gasteiger partial charge < -0.3 is 14.8 Å². The number of benzene rings is 1. The van der Waals surface area contributed by atoms with Gasteiger partial charge in [0.05, 0.1) is 19.9 Å². The highest BCUT2D eigenvalue weighted by atomic mass is 16.5. The van der Waals surface area contributed by atoms with Crippen molar-refractivity contribution < 1.29 is 14.3 Å². The third-order valence-corrected chi connectivity index (χ3v) is 5.28. The molecule has 0 saturated carbocycles. The molecule has 10 heteroatoms. The SMILES string of the molecule is COc1ccc(OC)c([C@H]2CC(=O)Nc3c2c(C)nn3-c2ccc3nncn3n2)c1. The van der Waals surface area contributed by atoms with Gasteiger partial charge in [0.25, 0.3) is 0 Å². The van der Waals surface area contributed by atoms with Gasteiger partial charge in [-0.1, -0.05) is 0 Å². The molecule has 0 spiro atoms. The second kappa shape index (κ2) is 6.83. The number of anilines is 1. The zero-order chi connectivity index (χ0) is 20.8. The van der Waals surface area contributed by atoms with E-state index in [1.54, 1.807) is 35.5 Å². The molecule has 1 N–H and O–H groups in total. The van der Waals surface area contributed by atoms with Crippen LogP contribution >= 0.6 is 0 Å². The molecule has 0 aliphatic carbocycles. The van der Waals surface area contributed by atoms with Crippen LogP contribution in [0.4, 0.5) is 5.82 Å². The molecule has 4 aromatic rings. The van der Waals surface area contributed by atoms with E-state index in [9.17, 15) is 4.79 Å². The van der Waals surface area contributed by atoms with Gasteiger partial charge in [-0.15, -0.1) is 15.3 Å². The van der Waals surface area contributed by atoms with E-state index in [2.05, 4.69) is 25.7 Å². The zero-order valence-electron chi connectivity index (χ0n) is 16.7. The van der Waals surface area contributed by atoms with Gasteiger partial charge in [0, 0.05) is 23.5 Å². The molecule has 1 amide bonds. The van der Waals surface area contributed by atoms with Crippen LogP contribution in [0.5, 0.6) is 11.5 Å². The molecule has 4 heterocycles. The van der Waals surface area contributed by atoms with E-state index in [4.69, 9.17) is 9.47 Å². The molecule has 1 aliphatic rings. The van der Waals surface area contributed by atoms with E-state index in [0.29, 0.717) is 28.8 Å². The maximum atomic E-state index is 12.7. The quantitative estimate of drug-likeness (QED) is 0.554. The summed E-state index contributed by atoms with van der Waals surface area (Å²) >= 11 is 0. The fraction of sp³-hybridized carbons (Fsp3) is 0.250. The number of carbonyl (C=O) groups excluding carboxylic acids is 1. The third kappa shape index (κ3) is 2.76. The number of carbonyl (C=O) groups is 1. The Labute approximate surface area is 171 Å². The van der Waals surface area contributed by atoms with Crippen molar-refractivity contribution in [2.75, 3.05) is 19.5 Å². The van der Waals surface area contributed by atoms with Crippen molar-refractivity contribution in [3.05, 3.63) is 53.5 Å². The molecule has 10 nitrogen and oxygen atoms in total. The highest BCUT2D eigenvalue weighted by molar-refractivity contribution is 5.95. The average Bonchev–Trinajstić information content (AvgIpc) is 3.36. The molecule has 0 bridgehead atoms. The summed E-state index contributed by atoms with van der Waals surface area (Å²) < 4.78 is 14.2. The molecule has 1 aromatic carbocycles. The molecule has 3 aromatic heterocycles. The predicted octanol–water partition coefficient (Wildman–Crippen LogP) is 2.11. The zero-order valence-corrected chi connectivity index (χ0v) is 16.7. The Kier molecular flexibility index (Phi) is 4.12. The van der Waals surface area contributed by atoms with Crippen molar-refractivity contribution in [1.29, 1.82) is 0 Å². The smallest absolute Gasteiger partial charge is 0.226 e. The first kappa shape index (κ1) is 18.1. The highest BCUT2D eigenvalue weighted by Gasteiger charge is 2.34. The van der Waals surface area contributed by atoms with Crippen LogP contribution in [0.2, 0.25) is 0 Å². The van der Waals surface area contributed by atoms with Gasteiger partial charge in [-0.3, -0.25) is 4.79 Å². The van der Waals surface area contributed by atoms with Crippen molar-refractivity contribution in [3.8, 4) is 17.3 Å². The largest absolute Gasteiger partial charge is 0.497 e. The monoisotopic (exact) mass is 405 g/mol. The van der Waals surface area contributed by atoms with Gasteiger partial charge in [-0.25, -0.2) is 0 Å². The Bertz CT molecular complexity index is 1280. The van der Waals surface area contributed by atoms with Crippen molar-refractivity contribution in [1.82, 2.24) is 29.6 Å². The number of amides is 1. The van der Waals surface area contributed by atoms with Crippen LogP contribution in [0.25, 0.3) is 11.5 Å². The van der Waals surface area contributed by atoms with E-state index in [0.717, 1.165) is 16.8 Å². The van der Waals surface area contributed by atoms with Crippen LogP contribution in [-0.2, 0) is 4.79 Å². The van der Waals surface area contributed by atoms with Crippen molar-refractivity contribution in [3.63, 3.8) is 0 Å². The first-order chi connectivity index (χ1) is 14.6. The number of aromatic nitrogens is 6. The van der Waals surface area contributed by atoms with E-state index in [-0.39, 0.29) is 18.2 Å². The molecule has 5 rings (SSSR count). The van der Waals surface area contributed by atoms with E-state index >= 15 is 0 Å². The van der Waals surface area contributed by atoms with Crippen LogP contribution in [0.1, 0.15) is 29.2 Å². The van der Waals surface area contributed by atoms with Gasteiger partial charge in [0.1, 0.15) is 23.6 Å². The summed E-state index contributed by atoms with van der Waals surface area (Å²) in [5.74, 6) is 2.19. The molecule has 0 saturated heterocycles. The average molecular weight is 405 g/mol. The Morgan fingerprint density at radius 2 is 2.00 bits per heavy atom. The van der Waals surface area contributed by atoms with E-state index in [1.165, 1.54) is 6.33 Å². The molecular formula is C20H19N7O3. The molecule has 0 fully saturated rings. The van der Waals surface area contributed by atoms with Gasteiger partial charge in [0.2, 0.25) is 5.91 Å². The lowest BCUT2D eigenvalue weighted by molar-refractivity contribution is -0.116. The first-order valence-corrected chi connectivity index (χ1v) is 9.37. The number of nitrogens with zero attached hydrogens (tertiary/aromatic N) is 6. The normalized spacial score (nSPS) is 15.7. The lowest BCUT2D eigenvalue weighted by Gasteiger charge is -2.25. The summed E-state index contributed by atoms with van der Waals surface area (Å²) in [6, 6.07) is 9.18. The third-order valence-electron chi connectivity index (χ3n) is 5.28. The molecule has 1 atom stereocenters. The number of aryl methyl sites for hydroxylation is 1. The Morgan fingerprint density at radius 3 is 2.80 bits per heavy atom. The summed E-state index contributed by atoms with van der Waals surface area (Å²) in [5, 5.41) is 20.0. The number of rotatable bonds is 4. The fourth-order valence-corrected chi connectivity index (χ4v) is 3.92.